The van der Waals surface area contributed by atoms with E-state index in [0.717, 1.165) is 11.1 Å². The van der Waals surface area contributed by atoms with Crippen molar-refractivity contribution in [3.8, 4) is 0 Å². The van der Waals surface area contributed by atoms with Crippen molar-refractivity contribution in [2.45, 2.75) is 19.0 Å². The molecule has 1 aliphatic rings. The van der Waals surface area contributed by atoms with E-state index >= 15 is 0 Å². The highest BCUT2D eigenvalue weighted by molar-refractivity contribution is 6.36. The first-order valence-corrected chi connectivity index (χ1v) is 10.6. The smallest absolute Gasteiger partial charge is 0.304 e. The van der Waals surface area contributed by atoms with E-state index in [1.54, 1.807) is 29.1 Å². The summed E-state index contributed by atoms with van der Waals surface area (Å²) in [5.74, 6) is -1.31. The highest BCUT2D eigenvalue weighted by Crippen LogP contribution is 2.27. The van der Waals surface area contributed by atoms with Gasteiger partial charge in [-0.1, -0.05) is 53.0 Å². The standard InChI is InChI=1S/C24H18Cl2FN3O2/c1-14-2-4-15(5-3-14)22-21(28-23(31)16-7-10-19(27)11-8-16)24(32)29-30(22)13-17-6-9-18(25)12-20(17)26/h2-13,21-22H,1H3,(H-,28,29,31,32)/p+1/b30-13-/t21-,22-/m0/s1. The summed E-state index contributed by atoms with van der Waals surface area (Å²) in [5.41, 5.74) is 5.59. The van der Waals surface area contributed by atoms with Crippen LogP contribution in [0.4, 0.5) is 4.39 Å². The van der Waals surface area contributed by atoms with Crippen LogP contribution in [0.25, 0.3) is 0 Å². The number of carbonyl (C=O) groups excluding carboxylic acids is 2. The van der Waals surface area contributed by atoms with Crippen molar-refractivity contribution in [1.82, 2.24) is 10.7 Å². The molecule has 1 fully saturated rings. The highest BCUT2D eigenvalue weighted by Gasteiger charge is 2.47. The Morgan fingerprint density at radius 3 is 2.41 bits per heavy atom. The number of amides is 2. The number of nitrogens with zero attached hydrogens (tertiary/aromatic N) is 1. The second kappa shape index (κ2) is 9.10. The van der Waals surface area contributed by atoms with E-state index in [-0.39, 0.29) is 11.5 Å². The van der Waals surface area contributed by atoms with Crippen LogP contribution in [0.5, 0.6) is 0 Å². The number of rotatable bonds is 4. The molecule has 0 bridgehead atoms. The van der Waals surface area contributed by atoms with Crippen molar-refractivity contribution in [3.63, 3.8) is 0 Å². The molecule has 0 aliphatic carbocycles. The second-order valence-electron chi connectivity index (χ2n) is 7.49. The van der Waals surface area contributed by atoms with Crippen molar-refractivity contribution in [3.05, 3.63) is 105 Å². The van der Waals surface area contributed by atoms with Crippen LogP contribution >= 0.6 is 23.2 Å². The van der Waals surface area contributed by atoms with Gasteiger partial charge in [-0.3, -0.25) is 9.59 Å². The molecule has 8 heteroatoms. The molecule has 3 aromatic rings. The Balaban J connectivity index is 1.72. The molecule has 0 radical (unpaired) electrons. The Hall–Kier alpha value is -3.22. The van der Waals surface area contributed by atoms with Crippen LogP contribution in [-0.2, 0) is 4.79 Å². The summed E-state index contributed by atoms with van der Waals surface area (Å²) in [6, 6.07) is 16.4. The lowest BCUT2D eigenvalue weighted by molar-refractivity contribution is -0.596. The topological polar surface area (TPSA) is 61.2 Å². The van der Waals surface area contributed by atoms with Crippen LogP contribution in [0.2, 0.25) is 10.0 Å². The van der Waals surface area contributed by atoms with Gasteiger partial charge in [-0.25, -0.2) is 4.39 Å². The van der Waals surface area contributed by atoms with Crippen molar-refractivity contribution < 1.29 is 18.7 Å². The summed E-state index contributed by atoms with van der Waals surface area (Å²) in [6.07, 6.45) is 1.70. The number of hydrazine groups is 1. The number of hydrazone groups is 1. The van der Waals surface area contributed by atoms with Gasteiger partial charge in [-0.2, -0.15) is 0 Å². The summed E-state index contributed by atoms with van der Waals surface area (Å²) < 4.78 is 14.8. The fourth-order valence-corrected chi connectivity index (χ4v) is 3.98. The number of benzene rings is 3. The molecule has 5 nitrogen and oxygen atoms in total. The summed E-state index contributed by atoms with van der Waals surface area (Å²) in [4.78, 5) is 25.7. The van der Waals surface area contributed by atoms with E-state index < -0.39 is 23.8 Å². The van der Waals surface area contributed by atoms with Gasteiger partial charge in [-0.15, -0.1) is 10.1 Å². The van der Waals surface area contributed by atoms with Gasteiger partial charge in [0, 0.05) is 16.1 Å². The molecule has 4 rings (SSSR count). The normalized spacial score (nSPS) is 19.1. The third-order valence-corrected chi connectivity index (χ3v) is 5.75. The molecule has 162 valence electrons. The van der Waals surface area contributed by atoms with E-state index in [2.05, 4.69) is 10.7 Å². The first-order chi connectivity index (χ1) is 15.3. The molecule has 2 atom stereocenters. The van der Waals surface area contributed by atoms with Crippen LogP contribution in [-0.4, -0.2) is 28.8 Å². The molecule has 1 heterocycles. The SMILES string of the molecule is Cc1ccc([C@H]2[C@H](NC(=O)c3ccc(F)cc3)C(=O)N/[N+]2=C\c2ccc(Cl)cc2Cl)cc1. The van der Waals surface area contributed by atoms with Crippen molar-refractivity contribution in [1.29, 1.82) is 0 Å². The minimum Gasteiger partial charge on any atom is -0.334 e. The number of hydrogen-bond donors (Lipinski definition) is 2. The Kier molecular flexibility index (Phi) is 6.26. The molecule has 1 saturated heterocycles. The van der Waals surface area contributed by atoms with Gasteiger partial charge in [0.15, 0.2) is 6.04 Å². The second-order valence-corrected chi connectivity index (χ2v) is 8.34. The average molecular weight is 471 g/mol. The van der Waals surface area contributed by atoms with Crippen LogP contribution in [0, 0.1) is 12.7 Å². The van der Waals surface area contributed by atoms with E-state index in [1.165, 1.54) is 24.3 Å². The third-order valence-electron chi connectivity index (χ3n) is 5.19. The van der Waals surface area contributed by atoms with Crippen LogP contribution in [0.15, 0.2) is 66.7 Å². The molecule has 2 N–H and O–H groups in total. The van der Waals surface area contributed by atoms with E-state index in [4.69, 9.17) is 23.2 Å². The Bertz CT molecular complexity index is 1210. The van der Waals surface area contributed by atoms with Gasteiger partial charge in [0.1, 0.15) is 5.82 Å². The lowest BCUT2D eigenvalue weighted by Gasteiger charge is -2.15. The van der Waals surface area contributed by atoms with Crippen molar-refractivity contribution in [2.75, 3.05) is 0 Å². The molecule has 0 aromatic heterocycles. The highest BCUT2D eigenvalue weighted by atomic mass is 35.5. The molecule has 0 saturated carbocycles. The fourth-order valence-electron chi connectivity index (χ4n) is 3.53. The van der Waals surface area contributed by atoms with Crippen molar-refractivity contribution >= 4 is 41.2 Å². The van der Waals surface area contributed by atoms with Crippen LogP contribution in [0.1, 0.15) is 33.1 Å². The Morgan fingerprint density at radius 1 is 1.06 bits per heavy atom. The fraction of sp³-hybridized carbons (Fsp3) is 0.125. The molecular formula is C24H19Cl2FN3O2+. The zero-order chi connectivity index (χ0) is 22.8. The van der Waals surface area contributed by atoms with Crippen molar-refractivity contribution in [2.24, 2.45) is 0 Å². The molecule has 1 aliphatic heterocycles. The van der Waals surface area contributed by atoms with Gasteiger partial charge in [0.25, 0.3) is 5.91 Å². The number of nitrogens with one attached hydrogen (secondary N) is 2. The minimum atomic E-state index is -0.891. The predicted octanol–water partition coefficient (Wildman–Crippen LogP) is 4.46. The zero-order valence-corrected chi connectivity index (χ0v) is 18.5. The summed E-state index contributed by atoms with van der Waals surface area (Å²) >= 11 is 12.3. The number of aryl methyl sites for hydroxylation is 1. The van der Waals surface area contributed by atoms with E-state index in [9.17, 15) is 14.0 Å². The molecule has 3 aromatic carbocycles. The quantitative estimate of drug-likeness (QED) is 0.553. The van der Waals surface area contributed by atoms with Gasteiger partial charge in [0.05, 0.1) is 10.6 Å². The first kappa shape index (κ1) is 22.0. The van der Waals surface area contributed by atoms with E-state index in [1.807, 2.05) is 31.2 Å². The van der Waals surface area contributed by atoms with Gasteiger partial charge in [0.2, 0.25) is 12.3 Å². The third kappa shape index (κ3) is 4.66. The van der Waals surface area contributed by atoms with Crippen LogP contribution in [0.3, 0.4) is 0 Å². The Labute approximate surface area is 194 Å². The van der Waals surface area contributed by atoms with Gasteiger partial charge in [-0.05, 0) is 49.4 Å². The van der Waals surface area contributed by atoms with Gasteiger partial charge < -0.3 is 5.32 Å². The molecule has 0 unspecified atom stereocenters. The lowest BCUT2D eigenvalue weighted by Crippen LogP contribution is -2.42. The number of carbonyl (C=O) groups is 2. The first-order valence-electron chi connectivity index (χ1n) is 9.83. The van der Waals surface area contributed by atoms with Crippen LogP contribution < -0.4 is 10.7 Å². The molecule has 32 heavy (non-hydrogen) atoms. The molecule has 2 amide bonds. The van der Waals surface area contributed by atoms with E-state index in [0.29, 0.717) is 15.6 Å². The predicted molar refractivity (Wildman–Crippen MR) is 122 cm³/mol. The summed E-state index contributed by atoms with van der Waals surface area (Å²) in [7, 11) is 0. The Morgan fingerprint density at radius 2 is 1.75 bits per heavy atom. The maximum Gasteiger partial charge on any atom is 0.304 e. The summed E-state index contributed by atoms with van der Waals surface area (Å²) in [5, 5.41) is 3.70. The number of hydrogen-bond acceptors (Lipinski definition) is 2. The monoisotopic (exact) mass is 470 g/mol. The average Bonchev–Trinajstić information content (AvgIpc) is 3.06. The maximum absolute atomic E-state index is 13.2. The van der Waals surface area contributed by atoms with Gasteiger partial charge >= 0.3 is 5.91 Å². The molecule has 0 spiro atoms. The zero-order valence-electron chi connectivity index (χ0n) is 17.0. The summed E-state index contributed by atoms with van der Waals surface area (Å²) in [6.45, 7) is 1.97. The minimum absolute atomic E-state index is 0.255. The largest absolute Gasteiger partial charge is 0.334 e. The lowest BCUT2D eigenvalue weighted by atomic mass is 9.98. The number of halogens is 3. The molecular weight excluding hydrogens is 452 g/mol. The maximum atomic E-state index is 13.2.